The average molecular weight is 324 g/mol. The Morgan fingerprint density at radius 3 is 2.79 bits per heavy atom. The summed E-state index contributed by atoms with van der Waals surface area (Å²) in [7, 11) is -3.63. The second kappa shape index (κ2) is 5.40. The fraction of sp³-hybridized carbons (Fsp3) is 0.545. The molecule has 1 aliphatic heterocycles. The van der Waals surface area contributed by atoms with Crippen LogP contribution < -0.4 is 0 Å². The molecular formula is C11H14ClNO4S2. The normalized spacial score (nSPS) is 21.5. The highest BCUT2D eigenvalue weighted by Crippen LogP contribution is 2.33. The van der Waals surface area contributed by atoms with Crippen LogP contribution in [0.2, 0.25) is 4.34 Å². The minimum absolute atomic E-state index is 0.0340. The van der Waals surface area contributed by atoms with Crippen molar-refractivity contribution < 1.29 is 18.3 Å². The van der Waals surface area contributed by atoms with Crippen LogP contribution in [-0.4, -0.2) is 36.9 Å². The highest BCUT2D eigenvalue weighted by molar-refractivity contribution is 7.91. The van der Waals surface area contributed by atoms with E-state index in [9.17, 15) is 13.2 Å². The number of carbonyl (C=O) groups is 1. The molecule has 1 fully saturated rings. The molecule has 0 aromatic carbocycles. The SMILES string of the molecule is Cc1cc(S(=O)(=O)N2CCCC(C(=O)O)C2)sc1Cl. The monoisotopic (exact) mass is 323 g/mol. The van der Waals surface area contributed by atoms with Crippen LogP contribution in [0.5, 0.6) is 0 Å². The summed E-state index contributed by atoms with van der Waals surface area (Å²) in [6.45, 7) is 2.14. The van der Waals surface area contributed by atoms with E-state index >= 15 is 0 Å². The van der Waals surface area contributed by atoms with E-state index in [1.54, 1.807) is 6.92 Å². The van der Waals surface area contributed by atoms with E-state index in [1.165, 1.54) is 10.4 Å². The molecule has 2 rings (SSSR count). The van der Waals surface area contributed by atoms with Gasteiger partial charge in [-0.3, -0.25) is 4.79 Å². The number of rotatable bonds is 3. The van der Waals surface area contributed by atoms with Crippen molar-refractivity contribution in [1.82, 2.24) is 4.31 Å². The molecule has 1 atom stereocenters. The van der Waals surface area contributed by atoms with Gasteiger partial charge >= 0.3 is 5.97 Å². The zero-order valence-electron chi connectivity index (χ0n) is 10.3. The van der Waals surface area contributed by atoms with Crippen molar-refractivity contribution in [3.63, 3.8) is 0 Å². The molecule has 0 saturated carbocycles. The first kappa shape index (κ1) is 14.8. The Morgan fingerprint density at radius 2 is 2.26 bits per heavy atom. The number of carboxylic acid groups (broad SMARTS) is 1. The fourth-order valence-electron chi connectivity index (χ4n) is 2.05. The summed E-state index contributed by atoms with van der Waals surface area (Å²) >= 11 is 6.91. The molecule has 0 aliphatic carbocycles. The second-order valence-electron chi connectivity index (χ2n) is 4.56. The van der Waals surface area contributed by atoms with E-state index in [0.717, 1.165) is 16.9 Å². The lowest BCUT2D eigenvalue weighted by molar-refractivity contribution is -0.142. The number of sulfonamides is 1. The van der Waals surface area contributed by atoms with E-state index in [2.05, 4.69) is 0 Å². The van der Waals surface area contributed by atoms with Gasteiger partial charge in [0.15, 0.2) is 0 Å². The third kappa shape index (κ3) is 2.94. The van der Waals surface area contributed by atoms with Gasteiger partial charge in [-0.1, -0.05) is 11.6 Å². The number of piperidine rings is 1. The second-order valence-corrected chi connectivity index (χ2v) is 8.38. The first-order valence-corrected chi connectivity index (χ1v) is 8.44. The average Bonchev–Trinajstić information content (AvgIpc) is 2.70. The summed E-state index contributed by atoms with van der Waals surface area (Å²) in [6.07, 6.45) is 1.08. The number of hydrogen-bond donors (Lipinski definition) is 1. The van der Waals surface area contributed by atoms with E-state index in [1.807, 2.05) is 0 Å². The van der Waals surface area contributed by atoms with Crippen LogP contribution in [0.4, 0.5) is 0 Å². The topological polar surface area (TPSA) is 74.7 Å². The zero-order valence-corrected chi connectivity index (χ0v) is 12.7. The molecule has 0 bridgehead atoms. The number of aryl methyl sites for hydroxylation is 1. The minimum atomic E-state index is -3.63. The highest BCUT2D eigenvalue weighted by atomic mass is 35.5. The Balaban J connectivity index is 2.26. The van der Waals surface area contributed by atoms with Crippen LogP contribution in [0.1, 0.15) is 18.4 Å². The molecule has 19 heavy (non-hydrogen) atoms. The Bertz CT molecular complexity index is 576. The Labute approximate surface area is 120 Å². The van der Waals surface area contributed by atoms with Crippen molar-refractivity contribution in [2.24, 2.45) is 5.92 Å². The molecule has 0 spiro atoms. The fourth-order valence-corrected chi connectivity index (χ4v) is 5.44. The van der Waals surface area contributed by atoms with Crippen LogP contribution in [-0.2, 0) is 14.8 Å². The summed E-state index contributed by atoms with van der Waals surface area (Å²) in [4.78, 5) is 11.0. The van der Waals surface area contributed by atoms with Crippen LogP contribution in [0, 0.1) is 12.8 Å². The number of carboxylic acids is 1. The number of nitrogens with zero attached hydrogens (tertiary/aromatic N) is 1. The van der Waals surface area contributed by atoms with Gasteiger partial charge in [0.1, 0.15) is 4.21 Å². The number of halogens is 1. The maximum Gasteiger partial charge on any atom is 0.307 e. The summed E-state index contributed by atoms with van der Waals surface area (Å²) in [5.41, 5.74) is 0.719. The molecule has 0 amide bonds. The van der Waals surface area contributed by atoms with Crippen molar-refractivity contribution in [2.45, 2.75) is 24.0 Å². The molecular weight excluding hydrogens is 310 g/mol. The third-order valence-electron chi connectivity index (χ3n) is 3.16. The number of thiophene rings is 1. The molecule has 1 aromatic heterocycles. The minimum Gasteiger partial charge on any atom is -0.481 e. The van der Waals surface area contributed by atoms with Gasteiger partial charge in [-0.2, -0.15) is 4.31 Å². The molecule has 1 N–H and O–H groups in total. The van der Waals surface area contributed by atoms with Gasteiger partial charge in [-0.05, 0) is 31.4 Å². The molecule has 1 aromatic rings. The zero-order chi connectivity index (χ0) is 14.2. The predicted molar refractivity (Wildman–Crippen MR) is 73.2 cm³/mol. The molecule has 2 heterocycles. The molecule has 106 valence electrons. The predicted octanol–water partition coefficient (Wildman–Crippen LogP) is 2.20. The van der Waals surface area contributed by atoms with E-state index in [0.29, 0.717) is 23.7 Å². The smallest absolute Gasteiger partial charge is 0.307 e. The quantitative estimate of drug-likeness (QED) is 0.925. The van der Waals surface area contributed by atoms with Gasteiger partial charge in [0.2, 0.25) is 0 Å². The highest BCUT2D eigenvalue weighted by Gasteiger charge is 2.34. The molecule has 1 aliphatic rings. The third-order valence-corrected chi connectivity index (χ3v) is 7.03. The van der Waals surface area contributed by atoms with E-state index in [-0.39, 0.29) is 10.8 Å². The lowest BCUT2D eigenvalue weighted by atomic mass is 10.0. The van der Waals surface area contributed by atoms with Crippen molar-refractivity contribution in [1.29, 1.82) is 0 Å². The number of aliphatic carboxylic acids is 1. The summed E-state index contributed by atoms with van der Waals surface area (Å²) in [5, 5.41) is 9.00. The van der Waals surface area contributed by atoms with E-state index < -0.39 is 21.9 Å². The summed E-state index contributed by atoms with van der Waals surface area (Å²) < 4.78 is 26.7. The Kier molecular flexibility index (Phi) is 4.20. The Morgan fingerprint density at radius 1 is 1.58 bits per heavy atom. The van der Waals surface area contributed by atoms with Crippen molar-refractivity contribution in [2.75, 3.05) is 13.1 Å². The van der Waals surface area contributed by atoms with Crippen LogP contribution in [0.3, 0.4) is 0 Å². The lowest BCUT2D eigenvalue weighted by Crippen LogP contribution is -2.42. The van der Waals surface area contributed by atoms with Crippen LogP contribution in [0.15, 0.2) is 10.3 Å². The molecule has 1 unspecified atom stereocenters. The van der Waals surface area contributed by atoms with Crippen molar-refractivity contribution >= 4 is 38.9 Å². The van der Waals surface area contributed by atoms with Gasteiger partial charge in [0, 0.05) is 13.1 Å². The van der Waals surface area contributed by atoms with Gasteiger partial charge in [0.05, 0.1) is 10.3 Å². The van der Waals surface area contributed by atoms with Gasteiger partial charge in [-0.25, -0.2) is 8.42 Å². The number of hydrogen-bond acceptors (Lipinski definition) is 4. The van der Waals surface area contributed by atoms with E-state index in [4.69, 9.17) is 16.7 Å². The first-order valence-electron chi connectivity index (χ1n) is 5.81. The molecule has 0 radical (unpaired) electrons. The Hall–Kier alpha value is -0.630. The largest absolute Gasteiger partial charge is 0.481 e. The maximum atomic E-state index is 12.4. The van der Waals surface area contributed by atoms with Crippen LogP contribution >= 0.6 is 22.9 Å². The van der Waals surface area contributed by atoms with Crippen LogP contribution in [0.25, 0.3) is 0 Å². The standard InChI is InChI=1S/C11H14ClNO4S2/c1-7-5-9(18-10(7)12)19(16,17)13-4-2-3-8(6-13)11(14)15/h5,8H,2-4,6H2,1H3,(H,14,15). The summed E-state index contributed by atoms with van der Waals surface area (Å²) in [5.74, 6) is -1.57. The van der Waals surface area contributed by atoms with Crippen molar-refractivity contribution in [3.8, 4) is 0 Å². The summed E-state index contributed by atoms with van der Waals surface area (Å²) in [6, 6.07) is 1.53. The van der Waals surface area contributed by atoms with Crippen molar-refractivity contribution in [3.05, 3.63) is 16.0 Å². The molecule has 8 heteroatoms. The molecule has 5 nitrogen and oxygen atoms in total. The first-order chi connectivity index (χ1) is 8.82. The molecule has 1 saturated heterocycles. The maximum absolute atomic E-state index is 12.4. The van der Waals surface area contributed by atoms with Gasteiger partial charge in [0.25, 0.3) is 10.0 Å². The van der Waals surface area contributed by atoms with Gasteiger partial charge < -0.3 is 5.11 Å². The lowest BCUT2D eigenvalue weighted by Gasteiger charge is -2.29. The van der Waals surface area contributed by atoms with Gasteiger partial charge in [-0.15, -0.1) is 11.3 Å².